The standard InChI is InChI=1S/C11H13F3O2/c1-15-9-5-3-4-8(10(9)16-2)6-7-11(12,13)14/h3-5H,6-7H2,1-2H3. The summed E-state index contributed by atoms with van der Waals surface area (Å²) in [5, 5.41) is 0. The van der Waals surface area contributed by atoms with Gasteiger partial charge in [0.25, 0.3) is 0 Å². The summed E-state index contributed by atoms with van der Waals surface area (Å²) in [5.74, 6) is 0.816. The van der Waals surface area contributed by atoms with Gasteiger partial charge in [-0.25, -0.2) is 0 Å². The Balaban J connectivity index is 2.87. The number of aryl methyl sites for hydroxylation is 1. The van der Waals surface area contributed by atoms with E-state index < -0.39 is 12.6 Å². The molecule has 2 nitrogen and oxygen atoms in total. The minimum Gasteiger partial charge on any atom is -0.493 e. The molecule has 0 aliphatic heterocycles. The molecular formula is C11H13F3O2. The molecule has 0 fully saturated rings. The Kier molecular flexibility index (Phi) is 4.04. The van der Waals surface area contributed by atoms with Gasteiger partial charge >= 0.3 is 6.18 Å². The van der Waals surface area contributed by atoms with E-state index in [4.69, 9.17) is 9.47 Å². The fourth-order valence-corrected chi connectivity index (χ4v) is 1.43. The number of hydrogen-bond donors (Lipinski definition) is 0. The first-order valence-electron chi connectivity index (χ1n) is 4.74. The maximum Gasteiger partial charge on any atom is 0.389 e. The molecule has 0 radical (unpaired) electrons. The van der Waals surface area contributed by atoms with Gasteiger partial charge in [0.1, 0.15) is 0 Å². The van der Waals surface area contributed by atoms with Crippen LogP contribution in [-0.2, 0) is 6.42 Å². The van der Waals surface area contributed by atoms with Crippen molar-refractivity contribution in [3.05, 3.63) is 23.8 Å². The molecule has 0 bridgehead atoms. The van der Waals surface area contributed by atoms with Gasteiger partial charge in [0, 0.05) is 6.42 Å². The van der Waals surface area contributed by atoms with Gasteiger partial charge in [-0.15, -0.1) is 0 Å². The molecule has 16 heavy (non-hydrogen) atoms. The fourth-order valence-electron chi connectivity index (χ4n) is 1.43. The van der Waals surface area contributed by atoms with Crippen molar-refractivity contribution in [2.45, 2.75) is 19.0 Å². The average Bonchev–Trinajstić information content (AvgIpc) is 2.24. The number of benzene rings is 1. The van der Waals surface area contributed by atoms with Gasteiger partial charge in [-0.1, -0.05) is 12.1 Å². The topological polar surface area (TPSA) is 18.5 Å². The van der Waals surface area contributed by atoms with Crippen molar-refractivity contribution in [3.63, 3.8) is 0 Å². The first-order chi connectivity index (χ1) is 7.48. The number of ether oxygens (including phenoxy) is 2. The number of rotatable bonds is 4. The van der Waals surface area contributed by atoms with Gasteiger partial charge < -0.3 is 9.47 Å². The van der Waals surface area contributed by atoms with Crippen LogP contribution in [0, 0.1) is 0 Å². The minimum atomic E-state index is -4.16. The van der Waals surface area contributed by atoms with Crippen LogP contribution in [0.2, 0.25) is 0 Å². The molecule has 0 aliphatic rings. The van der Waals surface area contributed by atoms with Crippen molar-refractivity contribution in [1.29, 1.82) is 0 Å². The van der Waals surface area contributed by atoms with Crippen molar-refractivity contribution in [2.24, 2.45) is 0 Å². The summed E-state index contributed by atoms with van der Waals surface area (Å²) in [6, 6.07) is 4.90. The number of methoxy groups -OCH3 is 2. The molecule has 1 rings (SSSR count). The maximum atomic E-state index is 12.1. The van der Waals surface area contributed by atoms with E-state index in [1.807, 2.05) is 0 Å². The Bertz CT molecular complexity index is 348. The molecule has 0 aromatic heterocycles. The highest BCUT2D eigenvalue weighted by molar-refractivity contribution is 5.46. The van der Waals surface area contributed by atoms with Gasteiger partial charge in [-0.3, -0.25) is 0 Å². The number of halogens is 3. The molecule has 1 aromatic carbocycles. The van der Waals surface area contributed by atoms with Crippen LogP contribution in [0.15, 0.2) is 18.2 Å². The van der Waals surface area contributed by atoms with E-state index in [-0.39, 0.29) is 6.42 Å². The fraction of sp³-hybridized carbons (Fsp3) is 0.455. The zero-order valence-corrected chi connectivity index (χ0v) is 9.10. The lowest BCUT2D eigenvalue weighted by molar-refractivity contribution is -0.134. The number of alkyl halides is 3. The summed E-state index contributed by atoms with van der Waals surface area (Å²) in [5.41, 5.74) is 0.499. The third-order valence-electron chi connectivity index (χ3n) is 2.16. The van der Waals surface area contributed by atoms with Crippen LogP contribution in [0.1, 0.15) is 12.0 Å². The van der Waals surface area contributed by atoms with Crippen LogP contribution in [0.25, 0.3) is 0 Å². The second-order valence-electron chi connectivity index (χ2n) is 3.27. The summed E-state index contributed by atoms with van der Waals surface area (Å²) in [6.45, 7) is 0. The van der Waals surface area contributed by atoms with Crippen molar-refractivity contribution in [3.8, 4) is 11.5 Å². The zero-order valence-electron chi connectivity index (χ0n) is 9.10. The molecule has 0 amide bonds. The second-order valence-corrected chi connectivity index (χ2v) is 3.27. The number of para-hydroxylation sites is 1. The quantitative estimate of drug-likeness (QED) is 0.796. The van der Waals surface area contributed by atoms with Crippen molar-refractivity contribution in [2.75, 3.05) is 14.2 Å². The van der Waals surface area contributed by atoms with Crippen LogP contribution >= 0.6 is 0 Å². The Morgan fingerprint density at radius 2 is 1.81 bits per heavy atom. The summed E-state index contributed by atoms with van der Waals surface area (Å²) in [4.78, 5) is 0. The van der Waals surface area contributed by atoms with E-state index >= 15 is 0 Å². The lowest BCUT2D eigenvalue weighted by Crippen LogP contribution is -2.09. The normalized spacial score (nSPS) is 11.3. The molecule has 0 aliphatic carbocycles. The molecular weight excluding hydrogens is 221 g/mol. The third kappa shape index (κ3) is 3.32. The van der Waals surface area contributed by atoms with Crippen LogP contribution < -0.4 is 9.47 Å². The molecule has 0 saturated heterocycles. The summed E-state index contributed by atoms with van der Waals surface area (Å²) in [7, 11) is 2.86. The third-order valence-corrected chi connectivity index (χ3v) is 2.16. The van der Waals surface area contributed by atoms with Gasteiger partial charge in [0.2, 0.25) is 0 Å². The van der Waals surface area contributed by atoms with Gasteiger partial charge in [0.05, 0.1) is 14.2 Å². The largest absolute Gasteiger partial charge is 0.493 e. The molecule has 0 unspecified atom stereocenters. The van der Waals surface area contributed by atoms with Crippen molar-refractivity contribution >= 4 is 0 Å². The SMILES string of the molecule is COc1cccc(CCC(F)(F)F)c1OC. The molecule has 0 heterocycles. The highest BCUT2D eigenvalue weighted by atomic mass is 19.4. The average molecular weight is 234 g/mol. The second kappa shape index (κ2) is 5.09. The lowest BCUT2D eigenvalue weighted by Gasteiger charge is -2.13. The van der Waals surface area contributed by atoms with E-state index in [1.165, 1.54) is 14.2 Å². The van der Waals surface area contributed by atoms with Crippen LogP contribution in [0.4, 0.5) is 13.2 Å². The van der Waals surface area contributed by atoms with E-state index in [0.717, 1.165) is 0 Å². The first kappa shape index (κ1) is 12.7. The van der Waals surface area contributed by atoms with Gasteiger partial charge in [0.15, 0.2) is 11.5 Å². The predicted molar refractivity (Wildman–Crippen MR) is 53.9 cm³/mol. The van der Waals surface area contributed by atoms with Crippen LogP contribution in [0.3, 0.4) is 0 Å². The van der Waals surface area contributed by atoms with E-state index in [1.54, 1.807) is 18.2 Å². The smallest absolute Gasteiger partial charge is 0.389 e. The highest BCUT2D eigenvalue weighted by Crippen LogP contribution is 2.33. The first-order valence-corrected chi connectivity index (χ1v) is 4.74. The maximum absolute atomic E-state index is 12.1. The zero-order chi connectivity index (χ0) is 12.2. The summed E-state index contributed by atoms with van der Waals surface area (Å²) >= 11 is 0. The molecule has 5 heteroatoms. The molecule has 0 spiro atoms. The van der Waals surface area contributed by atoms with E-state index in [0.29, 0.717) is 17.1 Å². The van der Waals surface area contributed by atoms with Crippen molar-refractivity contribution in [1.82, 2.24) is 0 Å². The Morgan fingerprint density at radius 1 is 1.12 bits per heavy atom. The summed E-state index contributed by atoms with van der Waals surface area (Å²) < 4.78 is 46.3. The van der Waals surface area contributed by atoms with E-state index in [9.17, 15) is 13.2 Å². The summed E-state index contributed by atoms with van der Waals surface area (Å²) in [6.07, 6.45) is -5.13. The van der Waals surface area contributed by atoms with Gasteiger partial charge in [-0.2, -0.15) is 13.2 Å². The molecule has 0 N–H and O–H groups in total. The predicted octanol–water partition coefficient (Wildman–Crippen LogP) is 3.20. The van der Waals surface area contributed by atoms with Crippen LogP contribution in [0.5, 0.6) is 11.5 Å². The van der Waals surface area contributed by atoms with Crippen molar-refractivity contribution < 1.29 is 22.6 Å². The lowest BCUT2D eigenvalue weighted by atomic mass is 10.1. The Labute approximate surface area is 92.0 Å². The minimum absolute atomic E-state index is 0.107. The molecule has 0 saturated carbocycles. The highest BCUT2D eigenvalue weighted by Gasteiger charge is 2.27. The Hall–Kier alpha value is -1.39. The molecule has 90 valence electrons. The van der Waals surface area contributed by atoms with Gasteiger partial charge in [-0.05, 0) is 18.1 Å². The Morgan fingerprint density at radius 3 is 2.31 bits per heavy atom. The monoisotopic (exact) mass is 234 g/mol. The molecule has 0 atom stereocenters. The van der Waals surface area contributed by atoms with E-state index in [2.05, 4.69) is 0 Å². The number of hydrogen-bond acceptors (Lipinski definition) is 2. The van der Waals surface area contributed by atoms with Crippen LogP contribution in [-0.4, -0.2) is 20.4 Å². The molecule has 1 aromatic rings.